The minimum atomic E-state index is -3.92. The lowest BCUT2D eigenvalue weighted by molar-refractivity contribution is 0.102. The molecule has 0 radical (unpaired) electrons. The van der Waals surface area contributed by atoms with Gasteiger partial charge in [0.05, 0.1) is 16.1 Å². The first-order chi connectivity index (χ1) is 14.3. The zero-order chi connectivity index (χ0) is 21.5. The highest BCUT2D eigenvalue weighted by atomic mass is 32.2. The SMILES string of the molecule is Cc1ccc(NC(=O)c2cc(S(=O)(=O)N3CCc4ccccc43)ccc2F)cc1C. The van der Waals surface area contributed by atoms with Crippen molar-refractivity contribution in [2.75, 3.05) is 16.2 Å². The lowest BCUT2D eigenvalue weighted by Gasteiger charge is -2.20. The van der Waals surface area contributed by atoms with E-state index >= 15 is 0 Å². The number of hydrogen-bond acceptors (Lipinski definition) is 3. The highest BCUT2D eigenvalue weighted by Crippen LogP contribution is 2.33. The van der Waals surface area contributed by atoms with Crippen LogP contribution in [0.3, 0.4) is 0 Å². The Morgan fingerprint density at radius 2 is 1.77 bits per heavy atom. The lowest BCUT2D eigenvalue weighted by Crippen LogP contribution is -2.29. The van der Waals surface area contributed by atoms with E-state index in [2.05, 4.69) is 5.32 Å². The van der Waals surface area contributed by atoms with Crippen molar-refractivity contribution in [3.05, 3.63) is 88.7 Å². The molecule has 3 aromatic rings. The number of sulfonamides is 1. The van der Waals surface area contributed by atoms with Crippen molar-refractivity contribution >= 4 is 27.3 Å². The number of para-hydroxylation sites is 1. The van der Waals surface area contributed by atoms with E-state index in [9.17, 15) is 17.6 Å². The van der Waals surface area contributed by atoms with E-state index in [0.29, 0.717) is 24.3 Å². The zero-order valence-corrected chi connectivity index (χ0v) is 17.5. The standard InChI is InChI=1S/C23H21FN2O3S/c1-15-7-8-18(13-16(15)2)25-23(27)20-14-19(9-10-21(20)24)30(28,29)26-12-11-17-5-3-4-6-22(17)26/h3-10,13-14H,11-12H2,1-2H3,(H,25,27). The van der Waals surface area contributed by atoms with E-state index in [0.717, 1.165) is 28.8 Å². The Kier molecular flexibility index (Phi) is 5.07. The zero-order valence-electron chi connectivity index (χ0n) is 16.6. The van der Waals surface area contributed by atoms with Crippen molar-refractivity contribution in [2.24, 2.45) is 0 Å². The highest BCUT2D eigenvalue weighted by Gasteiger charge is 2.31. The van der Waals surface area contributed by atoms with Gasteiger partial charge in [-0.25, -0.2) is 12.8 Å². The van der Waals surface area contributed by atoms with Gasteiger partial charge < -0.3 is 5.32 Å². The summed E-state index contributed by atoms with van der Waals surface area (Å²) in [6.45, 7) is 4.17. The third-order valence-corrected chi connectivity index (χ3v) is 7.19. The van der Waals surface area contributed by atoms with Crippen LogP contribution in [0.15, 0.2) is 65.6 Å². The van der Waals surface area contributed by atoms with Crippen molar-refractivity contribution in [3.63, 3.8) is 0 Å². The fourth-order valence-corrected chi connectivity index (χ4v) is 5.07. The number of halogens is 1. The molecule has 3 aromatic carbocycles. The van der Waals surface area contributed by atoms with Gasteiger partial charge in [-0.2, -0.15) is 0 Å². The van der Waals surface area contributed by atoms with Crippen LogP contribution in [-0.4, -0.2) is 20.9 Å². The Bertz CT molecular complexity index is 1260. The molecule has 1 amide bonds. The minimum Gasteiger partial charge on any atom is -0.322 e. The molecular weight excluding hydrogens is 403 g/mol. The summed E-state index contributed by atoms with van der Waals surface area (Å²) >= 11 is 0. The second-order valence-corrected chi connectivity index (χ2v) is 9.21. The molecule has 1 aliphatic heterocycles. The van der Waals surface area contributed by atoms with Gasteiger partial charge in [0.15, 0.2) is 0 Å². The van der Waals surface area contributed by atoms with Crippen LogP contribution >= 0.6 is 0 Å². The summed E-state index contributed by atoms with van der Waals surface area (Å²) in [7, 11) is -3.92. The average molecular weight is 424 g/mol. The Morgan fingerprint density at radius 3 is 2.53 bits per heavy atom. The molecule has 0 fully saturated rings. The van der Waals surface area contributed by atoms with Crippen LogP contribution in [-0.2, 0) is 16.4 Å². The first kappa shape index (κ1) is 20.1. The van der Waals surface area contributed by atoms with Gasteiger partial charge in [0.1, 0.15) is 5.82 Å². The molecule has 1 N–H and O–H groups in total. The van der Waals surface area contributed by atoms with Crippen LogP contribution in [0.25, 0.3) is 0 Å². The molecule has 0 spiro atoms. The quantitative estimate of drug-likeness (QED) is 0.673. The van der Waals surface area contributed by atoms with Gasteiger partial charge in [-0.15, -0.1) is 0 Å². The first-order valence-corrected chi connectivity index (χ1v) is 11.0. The number of anilines is 2. The maximum atomic E-state index is 14.4. The number of benzene rings is 3. The second-order valence-electron chi connectivity index (χ2n) is 7.35. The normalized spacial score (nSPS) is 13.2. The van der Waals surface area contributed by atoms with Gasteiger partial charge in [0.2, 0.25) is 0 Å². The van der Waals surface area contributed by atoms with Crippen molar-refractivity contribution in [1.82, 2.24) is 0 Å². The molecule has 0 saturated carbocycles. The molecule has 7 heteroatoms. The summed E-state index contributed by atoms with van der Waals surface area (Å²) in [5, 5.41) is 2.64. The maximum Gasteiger partial charge on any atom is 0.264 e. The highest BCUT2D eigenvalue weighted by molar-refractivity contribution is 7.92. The summed E-state index contributed by atoms with van der Waals surface area (Å²) in [5.41, 5.74) is 3.81. The number of nitrogens with zero attached hydrogens (tertiary/aromatic N) is 1. The van der Waals surface area contributed by atoms with Crippen LogP contribution in [0.5, 0.6) is 0 Å². The fourth-order valence-electron chi connectivity index (χ4n) is 3.54. The molecular formula is C23H21FN2O3S. The predicted molar refractivity (Wildman–Crippen MR) is 115 cm³/mol. The Balaban J connectivity index is 1.66. The van der Waals surface area contributed by atoms with Crippen molar-refractivity contribution in [2.45, 2.75) is 25.2 Å². The fraction of sp³-hybridized carbons (Fsp3) is 0.174. The van der Waals surface area contributed by atoms with Crippen molar-refractivity contribution < 1.29 is 17.6 Å². The van der Waals surface area contributed by atoms with Gasteiger partial charge in [-0.1, -0.05) is 24.3 Å². The topological polar surface area (TPSA) is 66.5 Å². The molecule has 1 heterocycles. The smallest absolute Gasteiger partial charge is 0.264 e. The number of aryl methyl sites for hydroxylation is 2. The molecule has 0 aliphatic carbocycles. The number of hydrogen-bond donors (Lipinski definition) is 1. The molecule has 5 nitrogen and oxygen atoms in total. The monoisotopic (exact) mass is 424 g/mol. The van der Waals surface area contributed by atoms with E-state index in [1.54, 1.807) is 24.3 Å². The molecule has 30 heavy (non-hydrogen) atoms. The van der Waals surface area contributed by atoms with Crippen LogP contribution in [0.1, 0.15) is 27.0 Å². The van der Waals surface area contributed by atoms with Crippen molar-refractivity contribution in [3.8, 4) is 0 Å². The summed E-state index contributed by atoms with van der Waals surface area (Å²) in [6.07, 6.45) is 0.608. The van der Waals surface area contributed by atoms with Crippen LogP contribution in [0, 0.1) is 19.7 Å². The van der Waals surface area contributed by atoms with Gasteiger partial charge in [-0.3, -0.25) is 9.10 Å². The molecule has 4 rings (SSSR count). The molecule has 0 aromatic heterocycles. The summed E-state index contributed by atoms with van der Waals surface area (Å²) in [5.74, 6) is -1.48. The van der Waals surface area contributed by atoms with Crippen molar-refractivity contribution in [1.29, 1.82) is 0 Å². The summed E-state index contributed by atoms with van der Waals surface area (Å²) < 4.78 is 42.1. The van der Waals surface area contributed by atoms with E-state index in [-0.39, 0.29) is 10.5 Å². The van der Waals surface area contributed by atoms with Gasteiger partial charge >= 0.3 is 0 Å². The second kappa shape index (κ2) is 7.57. The Morgan fingerprint density at radius 1 is 1.00 bits per heavy atom. The molecule has 0 unspecified atom stereocenters. The summed E-state index contributed by atoms with van der Waals surface area (Å²) in [4.78, 5) is 12.6. The summed E-state index contributed by atoms with van der Waals surface area (Å²) in [6, 6.07) is 15.9. The third kappa shape index (κ3) is 3.57. The van der Waals surface area contributed by atoms with Gasteiger partial charge in [0, 0.05) is 12.2 Å². The molecule has 0 atom stereocenters. The van der Waals surface area contributed by atoms with E-state index in [1.165, 1.54) is 10.4 Å². The number of amides is 1. The van der Waals surface area contributed by atoms with E-state index in [1.807, 2.05) is 32.0 Å². The van der Waals surface area contributed by atoms with E-state index < -0.39 is 21.7 Å². The lowest BCUT2D eigenvalue weighted by atomic mass is 10.1. The number of carbonyl (C=O) groups excluding carboxylic acids is 1. The number of fused-ring (bicyclic) bond motifs is 1. The molecule has 1 aliphatic rings. The first-order valence-electron chi connectivity index (χ1n) is 9.56. The number of rotatable bonds is 4. The number of nitrogens with one attached hydrogen (secondary N) is 1. The predicted octanol–water partition coefficient (Wildman–Crippen LogP) is 4.45. The number of carbonyl (C=O) groups is 1. The van der Waals surface area contributed by atoms with Crippen LogP contribution in [0.2, 0.25) is 0 Å². The van der Waals surface area contributed by atoms with Gasteiger partial charge in [-0.05, 0) is 73.4 Å². The minimum absolute atomic E-state index is 0.120. The molecule has 0 bridgehead atoms. The Labute approximate surface area is 175 Å². The van der Waals surface area contributed by atoms with Gasteiger partial charge in [0.25, 0.3) is 15.9 Å². The average Bonchev–Trinajstić information content (AvgIpc) is 3.16. The largest absolute Gasteiger partial charge is 0.322 e. The van der Waals surface area contributed by atoms with Crippen LogP contribution < -0.4 is 9.62 Å². The molecule has 154 valence electrons. The van der Waals surface area contributed by atoms with E-state index in [4.69, 9.17) is 0 Å². The van der Waals surface area contributed by atoms with Crippen LogP contribution in [0.4, 0.5) is 15.8 Å². The third-order valence-electron chi connectivity index (χ3n) is 5.38. The molecule has 0 saturated heterocycles. The maximum absolute atomic E-state index is 14.4. The Hall–Kier alpha value is -3.19.